The van der Waals surface area contributed by atoms with Gasteiger partial charge in [0, 0.05) is 18.0 Å². The largest absolute Gasteiger partial charge is 0.300 e. The monoisotopic (exact) mass is 221 g/mol. The third-order valence-corrected chi connectivity index (χ3v) is 4.53. The van der Waals surface area contributed by atoms with Gasteiger partial charge in [-0.2, -0.15) is 0 Å². The predicted octanol–water partition coefficient (Wildman–Crippen LogP) is 2.78. The van der Waals surface area contributed by atoms with Gasteiger partial charge in [-0.25, -0.2) is 0 Å². The number of carbonyl (C=O) groups is 1. The van der Waals surface area contributed by atoms with Gasteiger partial charge >= 0.3 is 0 Å². The summed E-state index contributed by atoms with van der Waals surface area (Å²) in [6.45, 7) is 3.92. The molecule has 2 aliphatic heterocycles. The van der Waals surface area contributed by atoms with Gasteiger partial charge in [-0.15, -0.1) is 0 Å². The van der Waals surface area contributed by atoms with Crippen LogP contribution >= 0.6 is 0 Å². The van der Waals surface area contributed by atoms with Crippen LogP contribution in [0.1, 0.15) is 46.0 Å². The summed E-state index contributed by atoms with van der Waals surface area (Å²) in [7, 11) is 2.23. The van der Waals surface area contributed by atoms with E-state index < -0.39 is 0 Å². The highest BCUT2D eigenvalue weighted by Gasteiger charge is 2.38. The van der Waals surface area contributed by atoms with Crippen LogP contribution in [-0.4, -0.2) is 29.8 Å². The normalized spacial score (nSPS) is 36.2. The van der Waals surface area contributed by atoms with Crippen molar-refractivity contribution in [1.82, 2.24) is 4.90 Å². The maximum absolute atomic E-state index is 12.2. The number of nitrogens with zero attached hydrogens (tertiary/aromatic N) is 1. The van der Waals surface area contributed by atoms with Crippen molar-refractivity contribution in [3.05, 3.63) is 11.6 Å². The summed E-state index contributed by atoms with van der Waals surface area (Å²) < 4.78 is 0. The zero-order chi connectivity index (χ0) is 11.7. The summed E-state index contributed by atoms with van der Waals surface area (Å²) >= 11 is 0. The van der Waals surface area contributed by atoms with Crippen molar-refractivity contribution in [2.75, 3.05) is 7.05 Å². The molecule has 0 aromatic rings. The summed E-state index contributed by atoms with van der Waals surface area (Å²) in [6, 6.07) is 1.32. The molecule has 0 amide bonds. The first-order chi connectivity index (χ1) is 7.63. The summed E-state index contributed by atoms with van der Waals surface area (Å²) in [4.78, 5) is 14.7. The average molecular weight is 221 g/mol. The highest BCUT2D eigenvalue weighted by Crippen LogP contribution is 2.36. The molecule has 0 aliphatic carbocycles. The van der Waals surface area contributed by atoms with E-state index in [1.807, 2.05) is 19.9 Å². The number of Topliss-reactive ketones (excluding diaryl/α,β-unsaturated/α-hetero) is 1. The van der Waals surface area contributed by atoms with Gasteiger partial charge in [-0.1, -0.05) is 12.5 Å². The lowest BCUT2D eigenvalue weighted by atomic mass is 9.76. The highest BCUT2D eigenvalue weighted by molar-refractivity contribution is 5.96. The maximum Gasteiger partial charge on any atom is 0.161 e. The van der Waals surface area contributed by atoms with Gasteiger partial charge in [0.1, 0.15) is 0 Å². The second-order valence-electron chi connectivity index (χ2n) is 5.41. The van der Waals surface area contributed by atoms with E-state index in [2.05, 4.69) is 11.9 Å². The number of allylic oxidation sites excluding steroid dienone is 2. The number of piperidine rings is 2. The second-order valence-corrected chi connectivity index (χ2v) is 5.41. The van der Waals surface area contributed by atoms with Crippen LogP contribution in [0.2, 0.25) is 0 Å². The molecular weight excluding hydrogens is 198 g/mol. The molecule has 0 N–H and O–H groups in total. The van der Waals surface area contributed by atoms with Crippen LogP contribution in [-0.2, 0) is 4.79 Å². The first kappa shape index (κ1) is 11.8. The Balaban J connectivity index is 2.07. The molecule has 2 aliphatic rings. The standard InChI is InChI=1S/C14H23NO/c1-4-10(2)14(16)11-8-12-6-5-7-13(9-11)15(12)3/h4,11-13H,5-9H2,1-3H3. The zero-order valence-corrected chi connectivity index (χ0v) is 10.7. The van der Waals surface area contributed by atoms with Gasteiger partial charge in [0.2, 0.25) is 0 Å². The molecule has 2 rings (SSSR count). The fraction of sp³-hybridized carbons (Fsp3) is 0.786. The van der Waals surface area contributed by atoms with Gasteiger partial charge in [0.15, 0.2) is 5.78 Å². The fourth-order valence-corrected chi connectivity index (χ4v) is 3.29. The Hall–Kier alpha value is -0.630. The van der Waals surface area contributed by atoms with E-state index in [1.165, 1.54) is 19.3 Å². The first-order valence-electron chi connectivity index (χ1n) is 6.52. The van der Waals surface area contributed by atoms with Crippen molar-refractivity contribution in [3.63, 3.8) is 0 Å². The molecule has 90 valence electrons. The fourth-order valence-electron chi connectivity index (χ4n) is 3.29. The van der Waals surface area contributed by atoms with E-state index in [0.717, 1.165) is 18.4 Å². The number of fused-ring (bicyclic) bond motifs is 2. The number of hydrogen-bond acceptors (Lipinski definition) is 2. The lowest BCUT2D eigenvalue weighted by Gasteiger charge is -2.46. The Bertz CT molecular complexity index is 294. The van der Waals surface area contributed by atoms with E-state index in [0.29, 0.717) is 23.8 Å². The first-order valence-corrected chi connectivity index (χ1v) is 6.52. The van der Waals surface area contributed by atoms with Crippen LogP contribution in [0.3, 0.4) is 0 Å². The van der Waals surface area contributed by atoms with Gasteiger partial charge < -0.3 is 4.90 Å². The molecule has 2 saturated heterocycles. The minimum absolute atomic E-state index is 0.294. The Labute approximate surface area is 98.7 Å². The number of ketones is 1. The van der Waals surface area contributed by atoms with Crippen LogP contribution in [0, 0.1) is 5.92 Å². The van der Waals surface area contributed by atoms with Crippen LogP contribution < -0.4 is 0 Å². The van der Waals surface area contributed by atoms with Crippen LogP contribution in [0.25, 0.3) is 0 Å². The SMILES string of the molecule is CC=C(C)C(=O)C1CC2CCCC(C1)N2C. The Morgan fingerprint density at radius 3 is 2.31 bits per heavy atom. The topological polar surface area (TPSA) is 20.3 Å². The molecule has 2 heteroatoms. The molecule has 2 bridgehead atoms. The average Bonchev–Trinajstić information content (AvgIpc) is 2.26. The third-order valence-electron chi connectivity index (χ3n) is 4.53. The third kappa shape index (κ3) is 2.08. The molecule has 0 aromatic carbocycles. The van der Waals surface area contributed by atoms with Gasteiger partial charge in [0.25, 0.3) is 0 Å². The molecule has 0 aromatic heterocycles. The van der Waals surface area contributed by atoms with Crippen LogP contribution in [0.5, 0.6) is 0 Å². The minimum atomic E-state index is 0.294. The molecule has 2 fully saturated rings. The lowest BCUT2D eigenvalue weighted by molar-refractivity contribution is -0.122. The lowest BCUT2D eigenvalue weighted by Crippen LogP contribution is -2.51. The van der Waals surface area contributed by atoms with E-state index in [4.69, 9.17) is 0 Å². The summed E-state index contributed by atoms with van der Waals surface area (Å²) in [5, 5.41) is 0. The van der Waals surface area contributed by atoms with Crippen molar-refractivity contribution in [1.29, 1.82) is 0 Å². The van der Waals surface area contributed by atoms with Crippen molar-refractivity contribution in [2.45, 2.75) is 58.0 Å². The predicted molar refractivity (Wildman–Crippen MR) is 66.4 cm³/mol. The Morgan fingerprint density at radius 2 is 1.81 bits per heavy atom. The molecule has 2 unspecified atom stereocenters. The zero-order valence-electron chi connectivity index (χ0n) is 10.7. The van der Waals surface area contributed by atoms with Gasteiger partial charge in [0.05, 0.1) is 0 Å². The highest BCUT2D eigenvalue weighted by atomic mass is 16.1. The molecule has 0 spiro atoms. The summed E-state index contributed by atoms with van der Waals surface area (Å²) in [5.74, 6) is 0.690. The molecule has 0 saturated carbocycles. The quantitative estimate of drug-likeness (QED) is 0.668. The summed E-state index contributed by atoms with van der Waals surface area (Å²) in [5.41, 5.74) is 0.952. The van der Waals surface area contributed by atoms with Crippen molar-refractivity contribution in [3.8, 4) is 0 Å². The smallest absolute Gasteiger partial charge is 0.161 e. The Kier molecular flexibility index (Phi) is 3.48. The molecule has 2 atom stereocenters. The van der Waals surface area contributed by atoms with E-state index in [9.17, 15) is 4.79 Å². The number of hydrogen-bond donors (Lipinski definition) is 0. The van der Waals surface area contributed by atoms with E-state index in [1.54, 1.807) is 0 Å². The van der Waals surface area contributed by atoms with Crippen molar-refractivity contribution >= 4 is 5.78 Å². The van der Waals surface area contributed by atoms with E-state index >= 15 is 0 Å². The van der Waals surface area contributed by atoms with E-state index in [-0.39, 0.29) is 0 Å². The second kappa shape index (κ2) is 4.70. The Morgan fingerprint density at radius 1 is 1.25 bits per heavy atom. The molecule has 16 heavy (non-hydrogen) atoms. The van der Waals surface area contributed by atoms with Crippen LogP contribution in [0.4, 0.5) is 0 Å². The molecule has 0 radical (unpaired) electrons. The van der Waals surface area contributed by atoms with Crippen molar-refractivity contribution < 1.29 is 4.79 Å². The number of rotatable bonds is 2. The van der Waals surface area contributed by atoms with Gasteiger partial charge in [-0.05, 0) is 52.2 Å². The minimum Gasteiger partial charge on any atom is -0.300 e. The van der Waals surface area contributed by atoms with Crippen LogP contribution in [0.15, 0.2) is 11.6 Å². The molecule has 2 heterocycles. The summed E-state index contributed by atoms with van der Waals surface area (Å²) in [6.07, 6.45) is 8.03. The molecule has 2 nitrogen and oxygen atoms in total. The maximum atomic E-state index is 12.2. The number of carbonyl (C=O) groups excluding carboxylic acids is 1. The molecular formula is C14H23NO. The van der Waals surface area contributed by atoms with Crippen molar-refractivity contribution in [2.24, 2.45) is 5.92 Å². The van der Waals surface area contributed by atoms with Gasteiger partial charge in [-0.3, -0.25) is 4.79 Å².